The fourth-order valence-electron chi connectivity index (χ4n) is 1.90. The van der Waals surface area contributed by atoms with Gasteiger partial charge >= 0.3 is 0 Å². The lowest BCUT2D eigenvalue weighted by molar-refractivity contribution is -0.385. The minimum Gasteiger partial charge on any atom is -0.332 e. The van der Waals surface area contributed by atoms with Crippen molar-refractivity contribution in [1.29, 1.82) is 0 Å². The van der Waals surface area contributed by atoms with E-state index in [0.717, 1.165) is 36.0 Å². The van der Waals surface area contributed by atoms with Crippen LogP contribution in [0.5, 0.6) is 0 Å². The highest BCUT2D eigenvalue weighted by Crippen LogP contribution is 2.25. The van der Waals surface area contributed by atoms with Gasteiger partial charge in [0.25, 0.3) is 5.69 Å². The summed E-state index contributed by atoms with van der Waals surface area (Å²) in [5, 5.41) is 20.1. The Labute approximate surface area is 127 Å². The number of anilines is 2. The lowest BCUT2D eigenvalue weighted by Crippen LogP contribution is -2.13. The van der Waals surface area contributed by atoms with Crippen LogP contribution in [0.3, 0.4) is 0 Å². The fraction of sp³-hybridized carbons (Fsp3) is 0.357. The minimum atomic E-state index is -0.375. The highest BCUT2D eigenvalue weighted by molar-refractivity contribution is 7.13. The molecule has 0 aliphatic rings. The molecule has 0 aliphatic carbocycles. The van der Waals surface area contributed by atoms with Gasteiger partial charge in [0, 0.05) is 29.2 Å². The van der Waals surface area contributed by atoms with Crippen molar-refractivity contribution in [3.05, 3.63) is 45.0 Å². The Morgan fingerprint density at radius 2 is 2.24 bits per heavy atom. The number of nitro groups is 1. The zero-order valence-electron chi connectivity index (χ0n) is 12.0. The number of nitro benzene ring substituents is 1. The van der Waals surface area contributed by atoms with Crippen molar-refractivity contribution in [3.8, 4) is 0 Å². The topological polar surface area (TPSA) is 80.1 Å². The number of aromatic nitrogens is 1. The quantitative estimate of drug-likeness (QED) is 0.464. The van der Waals surface area contributed by atoms with E-state index < -0.39 is 0 Å². The SMILES string of the molecule is CCCNCc1csc(Nc2ccc([N+](=O)[O-])c(C)c2)n1. The average Bonchev–Trinajstić information content (AvgIpc) is 2.86. The number of nitrogens with zero attached hydrogens (tertiary/aromatic N) is 2. The third kappa shape index (κ3) is 4.24. The molecule has 0 fully saturated rings. The lowest BCUT2D eigenvalue weighted by atomic mass is 10.2. The van der Waals surface area contributed by atoms with Crippen molar-refractivity contribution in [3.63, 3.8) is 0 Å². The Morgan fingerprint density at radius 1 is 1.43 bits per heavy atom. The number of hydrogen-bond acceptors (Lipinski definition) is 6. The molecule has 2 aromatic rings. The Bertz CT molecular complexity index is 627. The number of rotatable bonds is 7. The Hall–Kier alpha value is -1.99. The molecule has 7 heteroatoms. The van der Waals surface area contributed by atoms with Gasteiger partial charge in [-0.1, -0.05) is 6.92 Å². The molecule has 0 saturated heterocycles. The summed E-state index contributed by atoms with van der Waals surface area (Å²) in [5.41, 5.74) is 2.56. The first-order chi connectivity index (χ1) is 10.1. The van der Waals surface area contributed by atoms with Crippen molar-refractivity contribution in [2.75, 3.05) is 11.9 Å². The minimum absolute atomic E-state index is 0.129. The van der Waals surface area contributed by atoms with Gasteiger partial charge < -0.3 is 10.6 Å². The number of nitrogens with one attached hydrogen (secondary N) is 2. The van der Waals surface area contributed by atoms with Crippen LogP contribution < -0.4 is 10.6 Å². The molecule has 0 bridgehead atoms. The molecule has 0 atom stereocenters. The van der Waals surface area contributed by atoms with Crippen LogP contribution in [0.15, 0.2) is 23.6 Å². The van der Waals surface area contributed by atoms with E-state index in [4.69, 9.17) is 0 Å². The van der Waals surface area contributed by atoms with Crippen LogP contribution in [0.2, 0.25) is 0 Å². The highest BCUT2D eigenvalue weighted by Gasteiger charge is 2.10. The Balaban J connectivity index is 2.01. The fourth-order valence-corrected chi connectivity index (χ4v) is 2.63. The zero-order chi connectivity index (χ0) is 15.2. The summed E-state index contributed by atoms with van der Waals surface area (Å²) in [6.45, 7) is 5.58. The monoisotopic (exact) mass is 306 g/mol. The van der Waals surface area contributed by atoms with Gasteiger partial charge in [-0.05, 0) is 32.0 Å². The van der Waals surface area contributed by atoms with Crippen molar-refractivity contribution < 1.29 is 4.92 Å². The first-order valence-electron chi connectivity index (χ1n) is 6.77. The molecule has 1 heterocycles. The molecule has 1 aromatic carbocycles. The molecule has 0 spiro atoms. The van der Waals surface area contributed by atoms with Crippen molar-refractivity contribution in [2.24, 2.45) is 0 Å². The van der Waals surface area contributed by atoms with Gasteiger partial charge in [-0.25, -0.2) is 4.98 Å². The van der Waals surface area contributed by atoms with E-state index in [9.17, 15) is 10.1 Å². The number of aryl methyl sites for hydroxylation is 1. The van der Waals surface area contributed by atoms with Crippen molar-refractivity contribution in [1.82, 2.24) is 10.3 Å². The standard InChI is InChI=1S/C14H18N4O2S/c1-3-6-15-8-12-9-21-14(17-12)16-11-4-5-13(18(19)20)10(2)7-11/h4-5,7,9,15H,3,6,8H2,1-2H3,(H,16,17). The Morgan fingerprint density at radius 3 is 2.90 bits per heavy atom. The second-order valence-electron chi connectivity index (χ2n) is 4.70. The van der Waals surface area contributed by atoms with E-state index in [1.165, 1.54) is 17.4 Å². The molecular formula is C14H18N4O2S. The van der Waals surface area contributed by atoms with Gasteiger partial charge in [0.05, 0.1) is 10.6 Å². The van der Waals surface area contributed by atoms with E-state index in [1.807, 2.05) is 5.38 Å². The average molecular weight is 306 g/mol. The van der Waals surface area contributed by atoms with Crippen LogP contribution in [-0.4, -0.2) is 16.5 Å². The molecule has 112 valence electrons. The van der Waals surface area contributed by atoms with Crippen LogP contribution in [-0.2, 0) is 6.54 Å². The zero-order valence-corrected chi connectivity index (χ0v) is 12.9. The third-order valence-corrected chi connectivity index (χ3v) is 3.74. The van der Waals surface area contributed by atoms with Gasteiger partial charge in [-0.2, -0.15) is 0 Å². The van der Waals surface area contributed by atoms with Gasteiger partial charge in [-0.15, -0.1) is 11.3 Å². The second kappa shape index (κ2) is 7.14. The highest BCUT2D eigenvalue weighted by atomic mass is 32.1. The number of hydrogen-bond donors (Lipinski definition) is 2. The van der Waals surface area contributed by atoms with Crippen LogP contribution in [0.4, 0.5) is 16.5 Å². The molecule has 0 unspecified atom stereocenters. The summed E-state index contributed by atoms with van der Waals surface area (Å²) in [7, 11) is 0. The molecule has 0 amide bonds. The van der Waals surface area contributed by atoms with Gasteiger partial charge in [0.15, 0.2) is 5.13 Å². The predicted octanol–water partition coefficient (Wildman–Crippen LogP) is 3.60. The van der Waals surface area contributed by atoms with E-state index in [2.05, 4.69) is 22.5 Å². The third-order valence-electron chi connectivity index (χ3n) is 2.93. The van der Waals surface area contributed by atoms with E-state index in [-0.39, 0.29) is 10.6 Å². The maximum atomic E-state index is 10.8. The van der Waals surface area contributed by atoms with Gasteiger partial charge in [0.2, 0.25) is 0 Å². The summed E-state index contributed by atoms with van der Waals surface area (Å²) < 4.78 is 0. The number of thiazole rings is 1. The van der Waals surface area contributed by atoms with Crippen LogP contribution in [0.25, 0.3) is 0 Å². The summed E-state index contributed by atoms with van der Waals surface area (Å²) >= 11 is 1.52. The van der Waals surface area contributed by atoms with Crippen molar-refractivity contribution in [2.45, 2.75) is 26.8 Å². The summed E-state index contributed by atoms with van der Waals surface area (Å²) in [5.74, 6) is 0. The second-order valence-corrected chi connectivity index (χ2v) is 5.56. The summed E-state index contributed by atoms with van der Waals surface area (Å²) in [4.78, 5) is 14.9. The summed E-state index contributed by atoms with van der Waals surface area (Å²) in [6, 6.07) is 4.96. The molecule has 2 rings (SSSR count). The molecule has 6 nitrogen and oxygen atoms in total. The Kier molecular flexibility index (Phi) is 5.24. The van der Waals surface area contributed by atoms with Crippen LogP contribution >= 0.6 is 11.3 Å². The van der Waals surface area contributed by atoms with E-state index in [1.54, 1.807) is 19.1 Å². The molecular weight excluding hydrogens is 288 g/mol. The van der Waals surface area contributed by atoms with Crippen LogP contribution in [0, 0.1) is 17.0 Å². The molecule has 0 radical (unpaired) electrons. The summed E-state index contributed by atoms with van der Waals surface area (Å²) in [6.07, 6.45) is 1.09. The van der Waals surface area contributed by atoms with Gasteiger partial charge in [-0.3, -0.25) is 10.1 Å². The molecule has 0 saturated carbocycles. The number of benzene rings is 1. The van der Waals surface area contributed by atoms with E-state index in [0.29, 0.717) is 5.56 Å². The van der Waals surface area contributed by atoms with E-state index >= 15 is 0 Å². The predicted molar refractivity (Wildman–Crippen MR) is 85.2 cm³/mol. The molecule has 21 heavy (non-hydrogen) atoms. The van der Waals surface area contributed by atoms with Gasteiger partial charge in [0.1, 0.15) is 0 Å². The first-order valence-corrected chi connectivity index (χ1v) is 7.65. The van der Waals surface area contributed by atoms with Crippen LogP contribution in [0.1, 0.15) is 24.6 Å². The smallest absolute Gasteiger partial charge is 0.272 e. The van der Waals surface area contributed by atoms with Crippen molar-refractivity contribution >= 4 is 27.8 Å². The normalized spacial score (nSPS) is 10.6. The lowest BCUT2D eigenvalue weighted by Gasteiger charge is -2.04. The maximum Gasteiger partial charge on any atom is 0.272 e. The maximum absolute atomic E-state index is 10.8. The first kappa shape index (κ1) is 15.4. The molecule has 2 N–H and O–H groups in total. The molecule has 0 aliphatic heterocycles. The largest absolute Gasteiger partial charge is 0.332 e. The molecule has 1 aromatic heterocycles.